The van der Waals surface area contributed by atoms with Crippen LogP contribution in [-0.2, 0) is 0 Å². The van der Waals surface area contributed by atoms with Crippen LogP contribution in [0.2, 0.25) is 0 Å². The van der Waals surface area contributed by atoms with Crippen LogP contribution in [0, 0.1) is 10.1 Å². The van der Waals surface area contributed by atoms with Crippen LogP contribution in [0.3, 0.4) is 0 Å². The Morgan fingerprint density at radius 3 is 2.50 bits per heavy atom. The number of rotatable bonds is 5. The Bertz CT molecular complexity index is 1280. The molecule has 0 fully saturated rings. The first-order chi connectivity index (χ1) is 14.7. The molecule has 0 aliphatic carbocycles. The van der Waals surface area contributed by atoms with Gasteiger partial charge in [-0.2, -0.15) is 0 Å². The van der Waals surface area contributed by atoms with Crippen molar-refractivity contribution in [1.29, 1.82) is 0 Å². The van der Waals surface area contributed by atoms with E-state index in [0.717, 1.165) is 26.4 Å². The van der Waals surface area contributed by atoms with Gasteiger partial charge < -0.3 is 14.5 Å². The zero-order chi connectivity index (χ0) is 20.5. The molecule has 1 N–H and O–H groups in total. The molecule has 1 aliphatic rings. The zero-order valence-electron chi connectivity index (χ0n) is 15.7. The van der Waals surface area contributed by atoms with Crippen molar-refractivity contribution >= 4 is 40.5 Å². The van der Waals surface area contributed by atoms with Crippen LogP contribution < -0.4 is 9.47 Å². The van der Waals surface area contributed by atoms with Crippen LogP contribution in [0.15, 0.2) is 76.5 Å². The number of fused-ring (bicyclic) bond motifs is 2. The number of nitrogens with one attached hydrogen (secondary N) is 1. The van der Waals surface area contributed by atoms with E-state index >= 15 is 0 Å². The number of nitrogens with zero attached hydrogens (tertiary/aromatic N) is 1. The van der Waals surface area contributed by atoms with Gasteiger partial charge in [-0.15, -0.1) is 0 Å². The van der Waals surface area contributed by atoms with Gasteiger partial charge in [-0.1, -0.05) is 48.2 Å². The Labute approximate surface area is 176 Å². The van der Waals surface area contributed by atoms with Crippen molar-refractivity contribution in [2.75, 3.05) is 6.79 Å². The second-order valence-corrected chi connectivity index (χ2v) is 7.77. The highest BCUT2D eigenvalue weighted by molar-refractivity contribution is 7.99. The number of hydrogen-bond donors (Lipinski definition) is 1. The first kappa shape index (κ1) is 18.3. The van der Waals surface area contributed by atoms with Gasteiger partial charge >= 0.3 is 0 Å². The minimum Gasteiger partial charge on any atom is -0.454 e. The Morgan fingerprint density at radius 1 is 0.967 bits per heavy atom. The third-order valence-electron chi connectivity index (χ3n) is 4.80. The number of benzene rings is 3. The van der Waals surface area contributed by atoms with Gasteiger partial charge in [-0.05, 0) is 36.4 Å². The highest BCUT2D eigenvalue weighted by Gasteiger charge is 2.22. The Kier molecular flexibility index (Phi) is 4.65. The van der Waals surface area contributed by atoms with Gasteiger partial charge in [0.05, 0.1) is 22.2 Å². The van der Waals surface area contributed by atoms with Crippen LogP contribution in [0.1, 0.15) is 11.3 Å². The number of aromatic nitrogens is 1. The molecule has 0 saturated heterocycles. The number of para-hydroxylation sites is 1. The van der Waals surface area contributed by atoms with Gasteiger partial charge in [-0.3, -0.25) is 10.1 Å². The van der Waals surface area contributed by atoms with Crippen molar-refractivity contribution in [3.8, 4) is 11.5 Å². The molecule has 1 aliphatic heterocycles. The topological polar surface area (TPSA) is 77.4 Å². The number of H-pyrrole nitrogens is 1. The fourth-order valence-electron chi connectivity index (χ4n) is 3.38. The summed E-state index contributed by atoms with van der Waals surface area (Å²) in [5.74, 6) is 0.903. The van der Waals surface area contributed by atoms with Crippen molar-refractivity contribution in [2.45, 2.75) is 9.79 Å². The Balaban J connectivity index is 1.58. The number of ether oxygens (including phenoxy) is 2. The molecule has 0 spiro atoms. The molecule has 0 unspecified atom stereocenters. The van der Waals surface area contributed by atoms with Gasteiger partial charge in [0.15, 0.2) is 11.5 Å². The molecular weight excluding hydrogens is 400 g/mol. The molecule has 1 aromatic heterocycles. The van der Waals surface area contributed by atoms with Crippen molar-refractivity contribution in [3.63, 3.8) is 0 Å². The second kappa shape index (κ2) is 7.61. The highest BCUT2D eigenvalue weighted by atomic mass is 32.2. The third kappa shape index (κ3) is 3.40. The minimum absolute atomic E-state index is 0.0242. The van der Waals surface area contributed by atoms with Gasteiger partial charge in [0.25, 0.3) is 5.69 Å². The van der Waals surface area contributed by atoms with Crippen LogP contribution in [0.25, 0.3) is 23.1 Å². The summed E-state index contributed by atoms with van der Waals surface area (Å²) in [4.78, 5) is 16.7. The van der Waals surface area contributed by atoms with Crippen molar-refractivity contribution in [3.05, 3.63) is 88.1 Å². The lowest BCUT2D eigenvalue weighted by Gasteiger charge is -2.03. The molecule has 3 aromatic carbocycles. The molecule has 30 heavy (non-hydrogen) atoms. The first-order valence-corrected chi connectivity index (χ1v) is 10.1. The molecule has 0 atom stereocenters. The molecule has 7 heteroatoms. The van der Waals surface area contributed by atoms with Gasteiger partial charge in [-0.25, -0.2) is 0 Å². The van der Waals surface area contributed by atoms with E-state index in [4.69, 9.17) is 9.47 Å². The van der Waals surface area contributed by atoms with Crippen molar-refractivity contribution in [1.82, 2.24) is 4.98 Å². The molecule has 0 bridgehead atoms. The maximum atomic E-state index is 11.5. The standard InChI is InChI=1S/C23H16N2O4S/c26-25(27)20-13-22-21(28-14-29-22)12-15(20)10-11-19-23(30-16-6-2-1-3-7-16)17-8-4-5-9-18(17)24-19/h1-13,24H,14H2/b11-10+. The molecule has 4 aromatic rings. The first-order valence-electron chi connectivity index (χ1n) is 9.29. The van der Waals surface area contributed by atoms with E-state index in [1.165, 1.54) is 6.07 Å². The smallest absolute Gasteiger partial charge is 0.280 e. The summed E-state index contributed by atoms with van der Waals surface area (Å²) in [6.07, 6.45) is 3.61. The van der Waals surface area contributed by atoms with Gasteiger partial charge in [0.1, 0.15) is 0 Å². The number of hydrogen-bond acceptors (Lipinski definition) is 5. The molecule has 5 rings (SSSR count). The SMILES string of the molecule is O=[N+]([O-])c1cc2c(cc1/C=C/c1[nH]c3ccccc3c1Sc1ccccc1)OCO2. The van der Waals surface area contributed by atoms with Crippen LogP contribution in [0.5, 0.6) is 11.5 Å². The summed E-state index contributed by atoms with van der Waals surface area (Å²) in [6.45, 7) is 0.0690. The summed E-state index contributed by atoms with van der Waals surface area (Å²) < 4.78 is 10.7. The summed E-state index contributed by atoms with van der Waals surface area (Å²) >= 11 is 1.66. The van der Waals surface area contributed by atoms with Gasteiger partial charge in [0, 0.05) is 20.7 Å². The fourth-order valence-corrected chi connectivity index (χ4v) is 4.43. The predicted molar refractivity (Wildman–Crippen MR) is 117 cm³/mol. The predicted octanol–water partition coefficient (Wildman–Crippen LogP) is 6.13. The molecule has 0 radical (unpaired) electrons. The van der Waals surface area contributed by atoms with Crippen molar-refractivity contribution in [2.24, 2.45) is 0 Å². The van der Waals surface area contributed by atoms with E-state index in [0.29, 0.717) is 17.1 Å². The van der Waals surface area contributed by atoms with Gasteiger partial charge in [0.2, 0.25) is 6.79 Å². The fraction of sp³-hybridized carbons (Fsp3) is 0.0435. The number of nitro groups is 1. The zero-order valence-corrected chi connectivity index (χ0v) is 16.5. The molecular formula is C23H16N2O4S. The third-order valence-corrected chi connectivity index (χ3v) is 5.95. The molecule has 6 nitrogen and oxygen atoms in total. The molecule has 148 valence electrons. The van der Waals surface area contributed by atoms with Crippen LogP contribution in [-0.4, -0.2) is 16.7 Å². The summed E-state index contributed by atoms with van der Waals surface area (Å²) in [5, 5.41) is 12.6. The Morgan fingerprint density at radius 2 is 1.70 bits per heavy atom. The quantitative estimate of drug-likeness (QED) is 0.313. The number of aromatic amines is 1. The lowest BCUT2D eigenvalue weighted by Crippen LogP contribution is -1.93. The van der Waals surface area contributed by atoms with E-state index in [2.05, 4.69) is 23.2 Å². The van der Waals surface area contributed by atoms with E-state index in [9.17, 15) is 10.1 Å². The molecule has 2 heterocycles. The van der Waals surface area contributed by atoms with E-state index in [1.807, 2.05) is 42.5 Å². The average Bonchev–Trinajstić information content (AvgIpc) is 3.36. The van der Waals surface area contributed by atoms with E-state index in [-0.39, 0.29) is 12.5 Å². The maximum absolute atomic E-state index is 11.5. The molecule has 0 saturated carbocycles. The largest absolute Gasteiger partial charge is 0.454 e. The monoisotopic (exact) mass is 416 g/mol. The molecule has 0 amide bonds. The summed E-state index contributed by atoms with van der Waals surface area (Å²) in [6, 6.07) is 21.2. The minimum atomic E-state index is -0.410. The second-order valence-electron chi connectivity index (χ2n) is 6.68. The normalized spacial score (nSPS) is 12.7. The summed E-state index contributed by atoms with van der Waals surface area (Å²) in [7, 11) is 0. The average molecular weight is 416 g/mol. The lowest BCUT2D eigenvalue weighted by molar-refractivity contribution is -0.385. The van der Waals surface area contributed by atoms with Crippen molar-refractivity contribution < 1.29 is 14.4 Å². The number of nitro benzene ring substituents is 1. The van der Waals surface area contributed by atoms with E-state index < -0.39 is 4.92 Å². The lowest BCUT2D eigenvalue weighted by atomic mass is 10.1. The highest BCUT2D eigenvalue weighted by Crippen LogP contribution is 2.40. The maximum Gasteiger partial charge on any atom is 0.280 e. The Hall–Kier alpha value is -3.71. The van der Waals surface area contributed by atoms with E-state index in [1.54, 1.807) is 23.9 Å². The van der Waals surface area contributed by atoms with Crippen LogP contribution >= 0.6 is 11.8 Å². The van der Waals surface area contributed by atoms with Crippen LogP contribution in [0.4, 0.5) is 5.69 Å². The summed E-state index contributed by atoms with van der Waals surface area (Å²) in [5.41, 5.74) is 2.33.